The Kier molecular flexibility index (Phi) is 9.67. The molecule has 0 radical (unpaired) electrons. The van der Waals surface area contributed by atoms with Gasteiger partial charge in [-0.15, -0.1) is 29.6 Å². The zero-order valence-electron chi connectivity index (χ0n) is 43.7. The summed E-state index contributed by atoms with van der Waals surface area (Å²) < 4.78 is 65.9. The van der Waals surface area contributed by atoms with Crippen molar-refractivity contribution >= 4 is 32.8 Å². The van der Waals surface area contributed by atoms with Crippen molar-refractivity contribution in [1.82, 2.24) is 14.1 Å². The van der Waals surface area contributed by atoms with E-state index in [4.69, 9.17) is 10.2 Å². The number of aromatic nitrogens is 4. The van der Waals surface area contributed by atoms with E-state index in [-0.39, 0.29) is 95.3 Å². The molecule has 0 saturated heterocycles. The van der Waals surface area contributed by atoms with Crippen LogP contribution in [0.3, 0.4) is 0 Å². The molecule has 65 heavy (non-hydrogen) atoms. The van der Waals surface area contributed by atoms with Gasteiger partial charge in [0.15, 0.2) is 0 Å². The van der Waals surface area contributed by atoms with Gasteiger partial charge in [-0.1, -0.05) is 170 Å². The molecule has 0 N–H and O–H groups in total. The Morgan fingerprint density at radius 3 is 2.08 bits per heavy atom. The van der Waals surface area contributed by atoms with Crippen LogP contribution in [0.5, 0.6) is 11.5 Å². The fourth-order valence-electron chi connectivity index (χ4n) is 8.35. The number of benzene rings is 7. The molecule has 3 heterocycles. The van der Waals surface area contributed by atoms with Gasteiger partial charge in [-0.25, -0.2) is 4.98 Å². The van der Waals surface area contributed by atoms with Gasteiger partial charge in [-0.3, -0.25) is 4.57 Å². The summed E-state index contributed by atoms with van der Waals surface area (Å²) in [7, 11) is 0. The Morgan fingerprint density at radius 2 is 1.34 bits per heavy atom. The van der Waals surface area contributed by atoms with Crippen molar-refractivity contribution in [1.29, 1.82) is 0 Å². The first-order valence-corrected chi connectivity index (χ1v) is 21.8. The van der Waals surface area contributed by atoms with Crippen molar-refractivity contribution < 1.29 is 38.6 Å². The first kappa shape index (κ1) is 36.8. The van der Waals surface area contributed by atoms with Gasteiger partial charge >= 0.3 is 0 Å². The summed E-state index contributed by atoms with van der Waals surface area (Å²) in [6, 6.07) is 46.0. The van der Waals surface area contributed by atoms with Gasteiger partial charge in [0.2, 0.25) is 0 Å². The van der Waals surface area contributed by atoms with Crippen LogP contribution in [0.2, 0.25) is 0 Å². The molecule has 0 saturated carbocycles. The second kappa shape index (κ2) is 17.1. The second-order valence-electron chi connectivity index (χ2n) is 18.7. The molecule has 0 bridgehead atoms. The topological polar surface area (TPSA) is 35.9 Å². The number of fused-ring (bicyclic) bond motifs is 4. The van der Waals surface area contributed by atoms with E-state index < -0.39 is 12.1 Å². The van der Waals surface area contributed by atoms with Gasteiger partial charge in [0, 0.05) is 45.6 Å². The maximum absolute atomic E-state index is 9.35. The molecular formula is C59H52N4OPt-2. The van der Waals surface area contributed by atoms with Crippen LogP contribution in [0.25, 0.3) is 72.3 Å². The molecule has 5 nitrogen and oxygen atoms in total. The van der Waals surface area contributed by atoms with Crippen LogP contribution in [0.15, 0.2) is 164 Å². The second-order valence-corrected chi connectivity index (χ2v) is 18.7. The first-order chi connectivity index (χ1) is 33.3. The summed E-state index contributed by atoms with van der Waals surface area (Å²) >= 11 is 0. The minimum Gasteiger partial charge on any atom is -0.510 e. The van der Waals surface area contributed by atoms with Crippen molar-refractivity contribution in [3.8, 4) is 50.9 Å². The first-order valence-electron chi connectivity index (χ1n) is 24.8. The Labute approximate surface area is 405 Å². The third-order valence-corrected chi connectivity index (χ3v) is 11.9. The standard InChI is InChI=1S/C59H52N4O.Pt/c1-39(2)41-30-31-60-56(34-41)63-52-25-13-12-22-50(52)51-29-28-47(37-55(51)63)64-46-21-16-20-45(36-46)61-38-62(54-27-15-14-26-53(54)61)57-48(40-18-10-9-11-19-40)23-17-24-49(57)42-32-43(58(3,4)5)35-44(33-42)59(6,7)8;/h9-35,39H,1-8H3;/q-2;/i12D,13D,22D,25D,28D,29D;. The van der Waals surface area contributed by atoms with Crippen LogP contribution in [0.4, 0.5) is 0 Å². The number of hydrogen-bond donors (Lipinski definition) is 0. The van der Waals surface area contributed by atoms with Crippen LogP contribution < -0.4 is 9.30 Å². The minimum atomic E-state index is -0.432. The maximum Gasteiger partial charge on any atom is 0.268 e. The monoisotopic (exact) mass is 1030 g/mol. The van der Waals surface area contributed by atoms with E-state index in [1.807, 2.05) is 47.0 Å². The molecule has 6 heteroatoms. The van der Waals surface area contributed by atoms with Gasteiger partial charge in [0.25, 0.3) is 6.33 Å². The number of imidazole rings is 1. The molecule has 10 rings (SSSR count). The Balaban J connectivity index is 0.00000624. The smallest absolute Gasteiger partial charge is 0.268 e. The third-order valence-electron chi connectivity index (χ3n) is 11.9. The van der Waals surface area contributed by atoms with Gasteiger partial charge in [0.1, 0.15) is 5.82 Å². The molecule has 326 valence electrons. The quantitative estimate of drug-likeness (QED) is 0.112. The van der Waals surface area contributed by atoms with E-state index in [1.54, 1.807) is 16.8 Å². The summed E-state index contributed by atoms with van der Waals surface area (Å²) in [6.45, 7) is 17.6. The van der Waals surface area contributed by atoms with Crippen molar-refractivity contribution in [3.05, 3.63) is 199 Å². The van der Waals surface area contributed by atoms with Crippen LogP contribution in [0.1, 0.15) is 86.2 Å². The molecule has 0 aliphatic heterocycles. The fraction of sp³-hybridized carbons (Fsp3) is 0.186. The fourth-order valence-corrected chi connectivity index (χ4v) is 8.35. The van der Waals surface area contributed by atoms with Crippen molar-refractivity contribution in [2.45, 2.75) is 72.1 Å². The van der Waals surface area contributed by atoms with E-state index in [0.717, 1.165) is 44.5 Å². The number of hydrogen-bond acceptors (Lipinski definition) is 2. The van der Waals surface area contributed by atoms with E-state index in [1.165, 1.54) is 11.1 Å². The molecular weight excluding hydrogens is 976 g/mol. The normalized spacial score (nSPS) is 13.3. The van der Waals surface area contributed by atoms with Gasteiger partial charge in [0.05, 0.1) is 22.2 Å². The summed E-state index contributed by atoms with van der Waals surface area (Å²) in [4.78, 5) is 4.65. The molecule has 10 aromatic rings. The molecule has 0 unspecified atom stereocenters. The molecule has 7 aromatic carbocycles. The SMILES string of the molecule is [2H]c1c(Oc2[c-]c(-n3[c-][n+](-c4c(-c5ccccc5)cccc4-c4cc(C(C)(C)C)cc(C(C)(C)C)c4)c4ccccc43)ccc2)[c-]c2c(c1[2H])c1c([2H])c([2H])c([2H])c([2H])c1n2-c1cc(C(C)C)ccn1.[Pt]. The van der Waals surface area contributed by atoms with E-state index in [9.17, 15) is 2.74 Å². The van der Waals surface area contributed by atoms with Crippen molar-refractivity contribution in [3.63, 3.8) is 0 Å². The van der Waals surface area contributed by atoms with Crippen molar-refractivity contribution in [2.24, 2.45) is 0 Å². The predicted octanol–water partition coefficient (Wildman–Crippen LogP) is 14.6. The number of para-hydroxylation sites is 4. The Hall–Kier alpha value is -6.55. The molecule has 0 amide bonds. The van der Waals surface area contributed by atoms with Crippen LogP contribution in [0, 0.1) is 18.5 Å². The number of pyridine rings is 1. The van der Waals surface area contributed by atoms with E-state index >= 15 is 0 Å². The summed E-state index contributed by atoms with van der Waals surface area (Å²) in [5.41, 5.74) is 11.3. The van der Waals surface area contributed by atoms with E-state index in [2.05, 4.69) is 156 Å². The average Bonchev–Trinajstić information content (AvgIpc) is 3.90. The van der Waals surface area contributed by atoms with Crippen LogP contribution in [-0.2, 0) is 31.9 Å². The van der Waals surface area contributed by atoms with E-state index in [0.29, 0.717) is 11.5 Å². The zero-order valence-corrected chi connectivity index (χ0v) is 40.0. The molecule has 0 aliphatic rings. The van der Waals surface area contributed by atoms with Crippen molar-refractivity contribution in [2.75, 3.05) is 0 Å². The number of rotatable bonds is 8. The third kappa shape index (κ3) is 8.24. The average molecular weight is 1030 g/mol. The maximum atomic E-state index is 9.35. The Morgan fingerprint density at radius 1 is 0.646 bits per heavy atom. The largest absolute Gasteiger partial charge is 0.510 e. The van der Waals surface area contributed by atoms with Gasteiger partial charge < -0.3 is 13.9 Å². The molecule has 0 atom stereocenters. The summed E-state index contributed by atoms with van der Waals surface area (Å²) in [6.07, 6.45) is 5.40. The zero-order chi connectivity index (χ0) is 49.6. The number of nitrogens with zero attached hydrogens (tertiary/aromatic N) is 4. The van der Waals surface area contributed by atoms with Crippen LogP contribution >= 0.6 is 0 Å². The van der Waals surface area contributed by atoms with Gasteiger partial charge in [-0.05, 0) is 86.3 Å². The van der Waals surface area contributed by atoms with Crippen LogP contribution in [-0.4, -0.2) is 14.1 Å². The minimum absolute atomic E-state index is 0. The molecule has 0 aliphatic carbocycles. The summed E-state index contributed by atoms with van der Waals surface area (Å²) in [5, 5.41) is 0.270. The predicted molar refractivity (Wildman–Crippen MR) is 262 cm³/mol. The summed E-state index contributed by atoms with van der Waals surface area (Å²) in [5.74, 6) is 0.707. The molecule has 0 spiro atoms. The number of ether oxygens (including phenoxy) is 1. The molecule has 0 fully saturated rings. The molecule has 3 aromatic heterocycles. The Bertz CT molecular complexity index is 3690. The van der Waals surface area contributed by atoms with Gasteiger partial charge in [-0.2, -0.15) is 18.2 Å².